The van der Waals surface area contributed by atoms with Gasteiger partial charge < -0.3 is 4.90 Å². The summed E-state index contributed by atoms with van der Waals surface area (Å²) < 4.78 is 3.49. The topological polar surface area (TPSA) is 47.2 Å². The number of imidazole rings is 1. The molecule has 0 bridgehead atoms. The van der Waals surface area contributed by atoms with E-state index in [0.29, 0.717) is 19.5 Å². The number of para-hydroxylation sites is 2. The quantitative estimate of drug-likeness (QED) is 0.833. The lowest BCUT2D eigenvalue weighted by atomic mass is 10.3. The second kappa shape index (κ2) is 5.94. The molecule has 0 spiro atoms. The average molecular weight is 275 g/mol. The van der Waals surface area contributed by atoms with Crippen LogP contribution in [0.5, 0.6) is 0 Å². The summed E-state index contributed by atoms with van der Waals surface area (Å²) in [6.07, 6.45) is 1.25. The minimum atomic E-state index is -0.0281. The summed E-state index contributed by atoms with van der Waals surface area (Å²) in [6, 6.07) is 7.74. The summed E-state index contributed by atoms with van der Waals surface area (Å²) >= 11 is 0. The maximum absolute atomic E-state index is 12.5. The summed E-state index contributed by atoms with van der Waals surface area (Å²) in [5.41, 5.74) is 1.81. The number of aryl methyl sites for hydroxylation is 2. The van der Waals surface area contributed by atoms with Gasteiger partial charge in [0.05, 0.1) is 11.0 Å². The largest absolute Gasteiger partial charge is 0.349 e. The molecule has 0 fully saturated rings. The van der Waals surface area contributed by atoms with Gasteiger partial charge in [0.15, 0.2) is 0 Å². The van der Waals surface area contributed by atoms with Crippen LogP contribution in [0.2, 0.25) is 0 Å². The molecule has 5 heteroatoms. The molecule has 0 saturated heterocycles. The predicted molar refractivity (Wildman–Crippen MR) is 79.8 cm³/mol. The van der Waals surface area contributed by atoms with Crippen molar-refractivity contribution >= 4 is 16.9 Å². The first-order valence-corrected chi connectivity index (χ1v) is 6.94. The zero-order chi connectivity index (χ0) is 14.7. The van der Waals surface area contributed by atoms with Gasteiger partial charge in [-0.1, -0.05) is 19.1 Å². The molecule has 108 valence electrons. The van der Waals surface area contributed by atoms with Crippen LogP contribution in [0, 0.1) is 0 Å². The summed E-state index contributed by atoms with van der Waals surface area (Å²) in [5, 5.41) is 0. The molecule has 2 aromatic rings. The van der Waals surface area contributed by atoms with Crippen LogP contribution < -0.4 is 5.69 Å². The minimum absolute atomic E-state index is 0.0281. The van der Waals surface area contributed by atoms with E-state index in [1.165, 1.54) is 0 Å². The van der Waals surface area contributed by atoms with Crippen molar-refractivity contribution in [3.63, 3.8) is 0 Å². The first-order valence-electron chi connectivity index (χ1n) is 6.94. The maximum atomic E-state index is 12.5. The second-order valence-electron chi connectivity index (χ2n) is 5.11. The maximum Gasteiger partial charge on any atom is 0.329 e. The van der Waals surface area contributed by atoms with Crippen LogP contribution >= 0.6 is 0 Å². The molecule has 1 amide bonds. The molecule has 0 aliphatic heterocycles. The van der Waals surface area contributed by atoms with Gasteiger partial charge in [-0.3, -0.25) is 13.9 Å². The Hall–Kier alpha value is -2.04. The van der Waals surface area contributed by atoms with Crippen molar-refractivity contribution in [2.24, 2.45) is 0 Å². The minimum Gasteiger partial charge on any atom is -0.349 e. The van der Waals surface area contributed by atoms with Crippen molar-refractivity contribution in [2.45, 2.75) is 32.9 Å². The molecular weight excluding hydrogens is 254 g/mol. The number of hydrogen-bond donors (Lipinski definition) is 0. The third-order valence-electron chi connectivity index (χ3n) is 3.42. The molecule has 0 unspecified atom stereocenters. The monoisotopic (exact) mass is 275 g/mol. The number of benzene rings is 1. The lowest BCUT2D eigenvalue weighted by Gasteiger charge is -2.10. The third-order valence-corrected chi connectivity index (χ3v) is 3.42. The van der Waals surface area contributed by atoms with Crippen LogP contribution in [0.25, 0.3) is 11.0 Å². The number of carbonyl (C=O) groups is 1. The number of aromatic nitrogens is 2. The Balaban J connectivity index is 2.40. The SMILES string of the molecule is CCCn1c(=O)n(CCC(=O)N(C)C)c2ccccc21. The van der Waals surface area contributed by atoms with Gasteiger partial charge in [-0.15, -0.1) is 0 Å². The highest BCUT2D eigenvalue weighted by Gasteiger charge is 2.13. The van der Waals surface area contributed by atoms with Crippen LogP contribution in [0.15, 0.2) is 29.1 Å². The lowest BCUT2D eigenvalue weighted by molar-refractivity contribution is -0.128. The molecule has 0 radical (unpaired) electrons. The van der Waals surface area contributed by atoms with Crippen LogP contribution in [0.1, 0.15) is 19.8 Å². The van der Waals surface area contributed by atoms with Crippen molar-refractivity contribution in [3.05, 3.63) is 34.7 Å². The van der Waals surface area contributed by atoms with E-state index in [1.807, 2.05) is 31.2 Å². The Labute approximate surface area is 118 Å². The van der Waals surface area contributed by atoms with Gasteiger partial charge in [-0.2, -0.15) is 0 Å². The van der Waals surface area contributed by atoms with Crippen LogP contribution in [-0.2, 0) is 17.9 Å². The molecule has 0 N–H and O–H groups in total. The highest BCUT2D eigenvalue weighted by Crippen LogP contribution is 2.13. The number of amides is 1. The molecular formula is C15H21N3O2. The summed E-state index contributed by atoms with van der Waals surface area (Å²) in [7, 11) is 3.46. The molecule has 0 aliphatic carbocycles. The Bertz CT molecular complexity index is 667. The lowest BCUT2D eigenvalue weighted by Crippen LogP contribution is -2.28. The fourth-order valence-electron chi connectivity index (χ4n) is 2.36. The van der Waals surface area contributed by atoms with Gasteiger partial charge in [-0.25, -0.2) is 4.79 Å². The Morgan fingerprint density at radius 3 is 2.15 bits per heavy atom. The molecule has 1 aromatic carbocycles. The van der Waals surface area contributed by atoms with Gasteiger partial charge >= 0.3 is 5.69 Å². The van der Waals surface area contributed by atoms with Gasteiger partial charge in [-0.05, 0) is 18.6 Å². The first-order chi connectivity index (χ1) is 9.56. The van der Waals surface area contributed by atoms with E-state index in [4.69, 9.17) is 0 Å². The van der Waals surface area contributed by atoms with E-state index in [9.17, 15) is 9.59 Å². The summed E-state index contributed by atoms with van der Waals surface area (Å²) in [6.45, 7) is 3.18. The van der Waals surface area contributed by atoms with Gasteiger partial charge in [0.2, 0.25) is 5.91 Å². The smallest absolute Gasteiger partial charge is 0.329 e. The molecule has 0 aliphatic rings. The van der Waals surface area contributed by atoms with Crippen molar-refractivity contribution in [1.82, 2.24) is 14.0 Å². The van der Waals surface area contributed by atoms with Crippen LogP contribution in [0.3, 0.4) is 0 Å². The third kappa shape index (κ3) is 2.61. The number of carbonyl (C=O) groups excluding carboxylic acids is 1. The summed E-state index contributed by atoms with van der Waals surface area (Å²) in [4.78, 5) is 25.7. The molecule has 1 heterocycles. The van der Waals surface area contributed by atoms with E-state index in [2.05, 4.69) is 0 Å². The fourth-order valence-corrected chi connectivity index (χ4v) is 2.36. The highest BCUT2D eigenvalue weighted by atomic mass is 16.2. The number of nitrogens with zero attached hydrogens (tertiary/aromatic N) is 3. The van der Waals surface area contributed by atoms with E-state index in [-0.39, 0.29) is 11.6 Å². The van der Waals surface area contributed by atoms with Crippen LogP contribution in [0.4, 0.5) is 0 Å². The average Bonchev–Trinajstić information content (AvgIpc) is 2.70. The van der Waals surface area contributed by atoms with E-state index < -0.39 is 0 Å². The van der Waals surface area contributed by atoms with Crippen molar-refractivity contribution in [2.75, 3.05) is 14.1 Å². The Morgan fingerprint density at radius 2 is 1.65 bits per heavy atom. The molecule has 1 aromatic heterocycles. The molecule has 20 heavy (non-hydrogen) atoms. The molecule has 2 rings (SSSR count). The van der Waals surface area contributed by atoms with Gasteiger partial charge in [0.25, 0.3) is 0 Å². The van der Waals surface area contributed by atoms with Gasteiger partial charge in [0.1, 0.15) is 0 Å². The number of fused-ring (bicyclic) bond motifs is 1. The molecule has 0 atom stereocenters. The molecule has 5 nitrogen and oxygen atoms in total. The van der Waals surface area contributed by atoms with Gasteiger partial charge in [0, 0.05) is 33.6 Å². The Kier molecular flexibility index (Phi) is 4.27. The van der Waals surface area contributed by atoms with E-state index >= 15 is 0 Å². The second-order valence-corrected chi connectivity index (χ2v) is 5.11. The van der Waals surface area contributed by atoms with Crippen molar-refractivity contribution in [1.29, 1.82) is 0 Å². The fraction of sp³-hybridized carbons (Fsp3) is 0.467. The predicted octanol–water partition coefficient (Wildman–Crippen LogP) is 1.69. The van der Waals surface area contributed by atoms with Crippen LogP contribution in [-0.4, -0.2) is 34.0 Å². The normalized spacial score (nSPS) is 10.9. The highest BCUT2D eigenvalue weighted by molar-refractivity contribution is 5.77. The number of hydrogen-bond acceptors (Lipinski definition) is 2. The van der Waals surface area contributed by atoms with Crippen molar-refractivity contribution < 1.29 is 4.79 Å². The zero-order valence-electron chi connectivity index (χ0n) is 12.3. The summed E-state index contributed by atoms with van der Waals surface area (Å²) in [5.74, 6) is 0.0317. The molecule has 0 saturated carbocycles. The number of rotatable bonds is 5. The first kappa shape index (κ1) is 14.4. The van der Waals surface area contributed by atoms with Crippen molar-refractivity contribution in [3.8, 4) is 0 Å². The van der Waals surface area contributed by atoms with E-state index in [1.54, 1.807) is 28.1 Å². The standard InChI is InChI=1S/C15H21N3O2/c1-4-10-17-12-7-5-6-8-13(12)18(15(17)20)11-9-14(19)16(2)3/h5-8H,4,9-11H2,1-3H3. The zero-order valence-corrected chi connectivity index (χ0v) is 12.3. The van der Waals surface area contributed by atoms with E-state index in [0.717, 1.165) is 17.5 Å². The Morgan fingerprint density at radius 1 is 1.10 bits per heavy atom.